The first kappa shape index (κ1) is 17.1. The third kappa shape index (κ3) is 3.50. The summed E-state index contributed by atoms with van der Waals surface area (Å²) in [4.78, 5) is 5.60. The Hall–Kier alpha value is -1.76. The lowest BCUT2D eigenvalue weighted by Gasteiger charge is -2.27. The minimum atomic E-state index is 0.00752. The van der Waals surface area contributed by atoms with Crippen molar-refractivity contribution in [1.29, 1.82) is 0 Å². The summed E-state index contributed by atoms with van der Waals surface area (Å²) >= 11 is 8.07. The number of pyridine rings is 1. The van der Waals surface area contributed by atoms with Crippen molar-refractivity contribution < 1.29 is 4.74 Å². The Morgan fingerprint density at radius 1 is 1.50 bits per heavy atom. The van der Waals surface area contributed by atoms with Gasteiger partial charge in [0.25, 0.3) is 0 Å². The van der Waals surface area contributed by atoms with Crippen LogP contribution in [0.15, 0.2) is 35.5 Å². The first-order chi connectivity index (χ1) is 11.6. The number of fused-ring (bicyclic) bond motifs is 1. The van der Waals surface area contributed by atoms with Crippen LogP contribution < -0.4 is 15.8 Å². The third-order valence-electron chi connectivity index (χ3n) is 3.94. The van der Waals surface area contributed by atoms with Crippen LogP contribution in [0.5, 0.6) is 5.88 Å². The number of allylic oxidation sites excluding steroid dienone is 1. The zero-order chi connectivity index (χ0) is 17.1. The molecule has 2 aromatic heterocycles. The standard InChI is InChI=1S/C17H21ClN4OS/c1-11(5-7-19)23-17-14(4-3-8-20-17)21-16-12(2)22(18)10-15-13(16)6-9-24-15/h3-4,6,8-9,11,21H,5,7,10,19H2,1-2H3. The third-order valence-corrected chi connectivity index (χ3v) is 5.22. The van der Waals surface area contributed by atoms with E-state index in [0.29, 0.717) is 12.4 Å². The molecule has 128 valence electrons. The van der Waals surface area contributed by atoms with Crippen LogP contribution in [-0.2, 0) is 6.54 Å². The van der Waals surface area contributed by atoms with Crippen LogP contribution in [-0.4, -0.2) is 22.1 Å². The van der Waals surface area contributed by atoms with Crippen LogP contribution >= 0.6 is 23.1 Å². The van der Waals surface area contributed by atoms with Gasteiger partial charge in [0.1, 0.15) is 5.69 Å². The summed E-state index contributed by atoms with van der Waals surface area (Å²) in [5, 5.41) is 5.54. The van der Waals surface area contributed by atoms with Gasteiger partial charge in [-0.05, 0) is 50.4 Å². The van der Waals surface area contributed by atoms with Gasteiger partial charge >= 0.3 is 0 Å². The fourth-order valence-electron chi connectivity index (χ4n) is 2.60. The second kappa shape index (κ2) is 7.42. The molecule has 24 heavy (non-hydrogen) atoms. The van der Waals surface area contributed by atoms with Crippen LogP contribution in [0.25, 0.3) is 5.70 Å². The normalized spacial score (nSPS) is 15.2. The van der Waals surface area contributed by atoms with Gasteiger partial charge in [-0.15, -0.1) is 11.3 Å². The number of thiophene rings is 1. The van der Waals surface area contributed by atoms with Crippen LogP contribution in [0, 0.1) is 0 Å². The molecule has 0 aliphatic carbocycles. The minimum Gasteiger partial charge on any atom is -0.473 e. The summed E-state index contributed by atoms with van der Waals surface area (Å²) in [6.45, 7) is 5.30. The average molecular weight is 365 g/mol. The van der Waals surface area contributed by atoms with E-state index >= 15 is 0 Å². The highest BCUT2D eigenvalue weighted by molar-refractivity contribution is 7.10. The number of halogens is 1. The molecular formula is C17H21ClN4OS. The predicted molar refractivity (Wildman–Crippen MR) is 99.9 cm³/mol. The van der Waals surface area contributed by atoms with Gasteiger partial charge in [-0.2, -0.15) is 0 Å². The molecule has 3 heterocycles. The lowest BCUT2D eigenvalue weighted by atomic mass is 10.1. The molecule has 3 N–H and O–H groups in total. The predicted octanol–water partition coefficient (Wildman–Crippen LogP) is 4.03. The highest BCUT2D eigenvalue weighted by Gasteiger charge is 2.23. The van der Waals surface area contributed by atoms with Crippen LogP contribution in [0.2, 0.25) is 0 Å². The quantitative estimate of drug-likeness (QED) is 0.758. The maximum Gasteiger partial charge on any atom is 0.237 e. The number of ether oxygens (including phenoxy) is 1. The van der Waals surface area contributed by atoms with Crippen molar-refractivity contribution in [3.05, 3.63) is 45.9 Å². The Morgan fingerprint density at radius 3 is 3.12 bits per heavy atom. The SMILES string of the molecule is CC1=C(Nc2cccnc2OC(C)CCN)c2ccsc2CN1Cl. The molecular weight excluding hydrogens is 344 g/mol. The van der Waals surface area contributed by atoms with E-state index in [4.69, 9.17) is 22.2 Å². The molecule has 2 aromatic rings. The number of hydrogen-bond acceptors (Lipinski definition) is 6. The number of nitrogens with one attached hydrogen (secondary N) is 1. The number of aromatic nitrogens is 1. The smallest absolute Gasteiger partial charge is 0.237 e. The van der Waals surface area contributed by atoms with Gasteiger partial charge in [-0.1, -0.05) is 0 Å². The molecule has 0 aromatic carbocycles. The zero-order valence-electron chi connectivity index (χ0n) is 13.8. The van der Waals surface area contributed by atoms with E-state index in [1.807, 2.05) is 26.0 Å². The van der Waals surface area contributed by atoms with Crippen molar-refractivity contribution in [2.45, 2.75) is 32.9 Å². The fourth-order valence-corrected chi connectivity index (χ4v) is 3.75. The molecule has 0 saturated heterocycles. The monoisotopic (exact) mass is 364 g/mol. The second-order valence-corrected chi connectivity index (χ2v) is 7.13. The Kier molecular flexibility index (Phi) is 5.28. The number of rotatable bonds is 6. The Balaban J connectivity index is 1.90. The van der Waals surface area contributed by atoms with E-state index in [2.05, 4.69) is 21.7 Å². The van der Waals surface area contributed by atoms with E-state index < -0.39 is 0 Å². The van der Waals surface area contributed by atoms with Crippen LogP contribution in [0.1, 0.15) is 30.7 Å². The molecule has 1 aliphatic rings. The van der Waals surface area contributed by atoms with Gasteiger partial charge in [-0.25, -0.2) is 4.98 Å². The zero-order valence-corrected chi connectivity index (χ0v) is 15.3. The molecule has 7 heteroatoms. The highest BCUT2D eigenvalue weighted by Crippen LogP contribution is 2.37. The molecule has 1 atom stereocenters. The molecule has 0 radical (unpaired) electrons. The molecule has 0 amide bonds. The first-order valence-corrected chi connectivity index (χ1v) is 9.11. The molecule has 1 unspecified atom stereocenters. The summed E-state index contributed by atoms with van der Waals surface area (Å²) in [5.74, 6) is 0.572. The van der Waals surface area contributed by atoms with E-state index in [9.17, 15) is 0 Å². The van der Waals surface area contributed by atoms with Crippen molar-refractivity contribution >= 4 is 34.5 Å². The first-order valence-electron chi connectivity index (χ1n) is 7.90. The second-order valence-electron chi connectivity index (χ2n) is 5.73. The average Bonchev–Trinajstić information content (AvgIpc) is 3.01. The molecule has 0 fully saturated rings. The van der Waals surface area contributed by atoms with Gasteiger partial charge in [-0.3, -0.25) is 4.42 Å². The number of anilines is 1. The summed E-state index contributed by atoms with van der Waals surface area (Å²) in [5.41, 5.74) is 9.56. The van der Waals surface area contributed by atoms with Gasteiger partial charge in [0.15, 0.2) is 0 Å². The van der Waals surface area contributed by atoms with E-state index in [1.165, 1.54) is 10.4 Å². The van der Waals surface area contributed by atoms with E-state index in [0.717, 1.165) is 30.0 Å². The summed E-state index contributed by atoms with van der Waals surface area (Å²) < 4.78 is 7.67. The molecule has 0 bridgehead atoms. The maximum atomic E-state index is 6.36. The van der Waals surface area contributed by atoms with Gasteiger partial charge < -0.3 is 15.8 Å². The van der Waals surface area contributed by atoms with E-state index in [1.54, 1.807) is 22.0 Å². The molecule has 5 nitrogen and oxygen atoms in total. The molecule has 1 aliphatic heterocycles. The Bertz CT molecular complexity index is 746. The minimum absolute atomic E-state index is 0.00752. The maximum absolute atomic E-state index is 6.36. The number of nitrogens with two attached hydrogens (primary N) is 1. The summed E-state index contributed by atoms with van der Waals surface area (Å²) in [6.07, 6.45) is 2.51. The lowest BCUT2D eigenvalue weighted by Crippen LogP contribution is -2.21. The Morgan fingerprint density at radius 2 is 2.33 bits per heavy atom. The molecule has 0 spiro atoms. The number of hydrogen-bond donors (Lipinski definition) is 2. The van der Waals surface area contributed by atoms with Crippen LogP contribution in [0.4, 0.5) is 5.69 Å². The van der Waals surface area contributed by atoms with Gasteiger partial charge in [0.05, 0.1) is 24.0 Å². The topological polar surface area (TPSA) is 63.4 Å². The molecule has 3 rings (SSSR count). The van der Waals surface area contributed by atoms with Gasteiger partial charge in [0.2, 0.25) is 5.88 Å². The van der Waals surface area contributed by atoms with Crippen molar-refractivity contribution in [3.8, 4) is 5.88 Å². The van der Waals surface area contributed by atoms with Crippen LogP contribution in [0.3, 0.4) is 0 Å². The molecule has 0 saturated carbocycles. The van der Waals surface area contributed by atoms with Gasteiger partial charge in [0, 0.05) is 28.4 Å². The van der Waals surface area contributed by atoms with E-state index in [-0.39, 0.29) is 6.10 Å². The van der Waals surface area contributed by atoms with Crippen molar-refractivity contribution in [1.82, 2.24) is 9.40 Å². The van der Waals surface area contributed by atoms with Crippen molar-refractivity contribution in [2.75, 3.05) is 11.9 Å². The largest absolute Gasteiger partial charge is 0.473 e. The fraction of sp³-hybridized carbons (Fsp3) is 0.353. The van der Waals surface area contributed by atoms with Crippen molar-refractivity contribution in [2.24, 2.45) is 5.73 Å². The lowest BCUT2D eigenvalue weighted by molar-refractivity contribution is 0.206. The van der Waals surface area contributed by atoms with Crippen molar-refractivity contribution in [3.63, 3.8) is 0 Å². The summed E-state index contributed by atoms with van der Waals surface area (Å²) in [7, 11) is 0. The highest BCUT2D eigenvalue weighted by atomic mass is 35.5. The number of nitrogens with zero attached hydrogens (tertiary/aromatic N) is 2. The summed E-state index contributed by atoms with van der Waals surface area (Å²) in [6, 6.07) is 5.95. The Labute approximate surface area is 151 Å².